The molecule has 0 amide bonds. The van der Waals surface area contributed by atoms with Crippen molar-refractivity contribution in [1.82, 2.24) is 9.78 Å². The third kappa shape index (κ3) is 2.61. The molecule has 0 saturated carbocycles. The Labute approximate surface area is 97.4 Å². The van der Waals surface area contributed by atoms with E-state index in [0.29, 0.717) is 16.3 Å². The first-order valence-corrected chi connectivity index (χ1v) is 5.02. The van der Waals surface area contributed by atoms with Gasteiger partial charge in [-0.15, -0.1) is 0 Å². The molecule has 0 N–H and O–H groups in total. The van der Waals surface area contributed by atoms with Crippen LogP contribution in [0.5, 0.6) is 5.75 Å². The van der Waals surface area contributed by atoms with Crippen molar-refractivity contribution in [2.24, 2.45) is 0 Å². The summed E-state index contributed by atoms with van der Waals surface area (Å²) in [6.45, 7) is 0.285. The lowest BCUT2D eigenvalue weighted by molar-refractivity contribution is 0.112. The fraction of sp³-hybridized carbons (Fsp3) is 0.0909. The van der Waals surface area contributed by atoms with E-state index < -0.39 is 0 Å². The van der Waals surface area contributed by atoms with Crippen LogP contribution in [-0.2, 0) is 6.73 Å². The average molecular weight is 237 g/mol. The molecule has 1 aromatic carbocycles. The van der Waals surface area contributed by atoms with Gasteiger partial charge in [-0.2, -0.15) is 5.10 Å². The van der Waals surface area contributed by atoms with Crippen molar-refractivity contribution in [1.29, 1.82) is 0 Å². The highest BCUT2D eigenvalue weighted by Crippen LogP contribution is 2.12. The van der Waals surface area contributed by atoms with Gasteiger partial charge in [0.2, 0.25) is 0 Å². The minimum atomic E-state index is 0.285. The summed E-state index contributed by atoms with van der Waals surface area (Å²) in [4.78, 5) is 10.4. The Morgan fingerprint density at radius 1 is 1.38 bits per heavy atom. The number of aromatic nitrogens is 2. The Bertz CT molecular complexity index is 479. The van der Waals surface area contributed by atoms with Gasteiger partial charge in [0.1, 0.15) is 12.0 Å². The lowest BCUT2D eigenvalue weighted by Crippen LogP contribution is -2.05. The van der Waals surface area contributed by atoms with Gasteiger partial charge < -0.3 is 4.74 Å². The number of hydrogen-bond donors (Lipinski definition) is 0. The Morgan fingerprint density at radius 2 is 2.12 bits per heavy atom. The lowest BCUT2D eigenvalue weighted by Gasteiger charge is -2.05. The number of benzene rings is 1. The number of carbonyl (C=O) groups is 1. The second-order valence-corrected chi connectivity index (χ2v) is 3.59. The van der Waals surface area contributed by atoms with Crippen molar-refractivity contribution in [3.63, 3.8) is 0 Å². The molecule has 1 heterocycles. The van der Waals surface area contributed by atoms with E-state index in [1.807, 2.05) is 0 Å². The van der Waals surface area contributed by atoms with Crippen molar-refractivity contribution < 1.29 is 9.53 Å². The largest absolute Gasteiger partial charge is 0.471 e. The molecule has 82 valence electrons. The van der Waals surface area contributed by atoms with Gasteiger partial charge in [-0.05, 0) is 24.3 Å². The highest BCUT2D eigenvalue weighted by Gasteiger charge is 1.97. The first kappa shape index (κ1) is 10.7. The molecule has 0 bridgehead atoms. The van der Waals surface area contributed by atoms with Crippen molar-refractivity contribution in [2.75, 3.05) is 0 Å². The Hall–Kier alpha value is -1.81. The number of halogens is 1. The van der Waals surface area contributed by atoms with Crippen LogP contribution >= 0.6 is 11.6 Å². The fourth-order valence-electron chi connectivity index (χ4n) is 1.19. The zero-order chi connectivity index (χ0) is 11.4. The van der Waals surface area contributed by atoms with Gasteiger partial charge in [0.15, 0.2) is 6.73 Å². The molecule has 2 rings (SSSR count). The monoisotopic (exact) mass is 236 g/mol. The molecule has 16 heavy (non-hydrogen) atoms. The van der Waals surface area contributed by atoms with E-state index >= 15 is 0 Å². The molecule has 0 aliphatic heterocycles. The van der Waals surface area contributed by atoms with Gasteiger partial charge in [-0.3, -0.25) is 4.79 Å². The molecule has 0 unspecified atom stereocenters. The molecule has 0 radical (unpaired) electrons. The molecule has 1 aromatic heterocycles. The number of ether oxygens (including phenoxy) is 1. The minimum absolute atomic E-state index is 0.285. The van der Waals surface area contributed by atoms with E-state index in [9.17, 15) is 4.79 Å². The van der Waals surface area contributed by atoms with Crippen molar-refractivity contribution in [2.45, 2.75) is 6.73 Å². The van der Waals surface area contributed by atoms with Crippen LogP contribution in [0, 0.1) is 0 Å². The maximum absolute atomic E-state index is 10.4. The topological polar surface area (TPSA) is 44.1 Å². The normalized spacial score (nSPS) is 10.1. The predicted molar refractivity (Wildman–Crippen MR) is 59.7 cm³/mol. The molecule has 0 fully saturated rings. The summed E-state index contributed by atoms with van der Waals surface area (Å²) in [5, 5.41) is 4.54. The van der Waals surface area contributed by atoms with Gasteiger partial charge in [0.05, 0.1) is 11.2 Å². The van der Waals surface area contributed by atoms with E-state index in [0.717, 1.165) is 6.29 Å². The van der Waals surface area contributed by atoms with Gasteiger partial charge >= 0.3 is 0 Å². The van der Waals surface area contributed by atoms with Crippen molar-refractivity contribution in [3.8, 4) is 5.75 Å². The first-order valence-electron chi connectivity index (χ1n) is 4.64. The van der Waals surface area contributed by atoms with Crippen LogP contribution in [0.2, 0.25) is 5.02 Å². The van der Waals surface area contributed by atoms with Crippen LogP contribution in [0.1, 0.15) is 10.4 Å². The molecule has 4 nitrogen and oxygen atoms in total. The first-order chi connectivity index (χ1) is 7.78. The Morgan fingerprint density at radius 3 is 2.69 bits per heavy atom. The van der Waals surface area contributed by atoms with Crippen LogP contribution in [-0.4, -0.2) is 16.1 Å². The van der Waals surface area contributed by atoms with Gasteiger partial charge in [0, 0.05) is 11.8 Å². The zero-order valence-electron chi connectivity index (χ0n) is 8.34. The SMILES string of the molecule is O=Cc1ccc(OCn2cc(Cl)cn2)cc1. The van der Waals surface area contributed by atoms with Crippen LogP contribution in [0.4, 0.5) is 0 Å². The minimum Gasteiger partial charge on any atom is -0.471 e. The molecular formula is C11H9ClN2O2. The summed E-state index contributed by atoms with van der Waals surface area (Å²) in [5.74, 6) is 0.678. The number of hydrogen-bond acceptors (Lipinski definition) is 3. The molecular weight excluding hydrogens is 228 g/mol. The molecule has 0 saturated heterocycles. The Balaban J connectivity index is 1.96. The summed E-state index contributed by atoms with van der Waals surface area (Å²) in [5.41, 5.74) is 0.620. The van der Waals surface area contributed by atoms with Crippen LogP contribution in [0.15, 0.2) is 36.7 Å². The van der Waals surface area contributed by atoms with Crippen LogP contribution < -0.4 is 4.74 Å². The van der Waals surface area contributed by atoms with Gasteiger partial charge in [-0.25, -0.2) is 4.68 Å². The maximum Gasteiger partial charge on any atom is 0.180 e. The number of nitrogens with zero attached hydrogens (tertiary/aromatic N) is 2. The molecule has 2 aromatic rings. The Kier molecular flexibility index (Phi) is 3.22. The molecule has 0 spiro atoms. The average Bonchev–Trinajstić information content (AvgIpc) is 2.73. The number of rotatable bonds is 4. The van der Waals surface area contributed by atoms with E-state index in [1.165, 1.54) is 0 Å². The summed E-state index contributed by atoms with van der Waals surface area (Å²) in [7, 11) is 0. The van der Waals surface area contributed by atoms with Crippen LogP contribution in [0.3, 0.4) is 0 Å². The fourth-order valence-corrected chi connectivity index (χ4v) is 1.35. The second-order valence-electron chi connectivity index (χ2n) is 3.16. The highest BCUT2D eigenvalue weighted by atomic mass is 35.5. The third-order valence-electron chi connectivity index (χ3n) is 1.98. The molecule has 0 aliphatic rings. The highest BCUT2D eigenvalue weighted by molar-refractivity contribution is 6.30. The van der Waals surface area contributed by atoms with Gasteiger partial charge in [0.25, 0.3) is 0 Å². The van der Waals surface area contributed by atoms with Crippen molar-refractivity contribution >= 4 is 17.9 Å². The molecule has 5 heteroatoms. The summed E-state index contributed by atoms with van der Waals surface area (Å²) >= 11 is 5.70. The number of carbonyl (C=O) groups excluding carboxylic acids is 1. The van der Waals surface area contributed by atoms with E-state index in [1.54, 1.807) is 41.3 Å². The molecule has 0 atom stereocenters. The van der Waals surface area contributed by atoms with E-state index in [-0.39, 0.29) is 6.73 Å². The summed E-state index contributed by atoms with van der Waals surface area (Å²) in [6, 6.07) is 6.85. The van der Waals surface area contributed by atoms with Crippen molar-refractivity contribution in [3.05, 3.63) is 47.2 Å². The van der Waals surface area contributed by atoms with E-state index in [2.05, 4.69) is 5.10 Å². The predicted octanol–water partition coefficient (Wildman–Crippen LogP) is 2.39. The smallest absolute Gasteiger partial charge is 0.180 e. The van der Waals surface area contributed by atoms with Gasteiger partial charge in [-0.1, -0.05) is 11.6 Å². The zero-order valence-corrected chi connectivity index (χ0v) is 9.09. The van der Waals surface area contributed by atoms with E-state index in [4.69, 9.17) is 16.3 Å². The summed E-state index contributed by atoms with van der Waals surface area (Å²) < 4.78 is 7.01. The van der Waals surface area contributed by atoms with Crippen LogP contribution in [0.25, 0.3) is 0 Å². The number of aldehydes is 1. The quantitative estimate of drug-likeness (QED) is 0.766. The summed E-state index contributed by atoms with van der Waals surface area (Å²) in [6.07, 6.45) is 4.00. The second kappa shape index (κ2) is 4.81. The maximum atomic E-state index is 10.4. The molecule has 0 aliphatic carbocycles. The lowest BCUT2D eigenvalue weighted by atomic mass is 10.2. The standard InChI is InChI=1S/C11H9ClN2O2/c12-10-5-13-14(6-10)8-16-11-3-1-9(7-15)2-4-11/h1-7H,8H2. The third-order valence-corrected chi connectivity index (χ3v) is 2.18.